The molecule has 1 atom stereocenters. The van der Waals surface area contributed by atoms with Crippen LogP contribution in [0.5, 0.6) is 0 Å². The highest BCUT2D eigenvalue weighted by Gasteiger charge is 2.36. The van der Waals surface area contributed by atoms with Crippen molar-refractivity contribution in [2.45, 2.75) is 71.6 Å². The van der Waals surface area contributed by atoms with E-state index < -0.39 is 0 Å². The van der Waals surface area contributed by atoms with Crippen molar-refractivity contribution in [3.8, 4) is 0 Å². The van der Waals surface area contributed by atoms with E-state index in [1.807, 2.05) is 11.3 Å². The minimum atomic E-state index is 0.219. The first-order chi connectivity index (χ1) is 9.97. The Hall–Kier alpha value is -0.630. The van der Waals surface area contributed by atoms with Gasteiger partial charge in [0.2, 0.25) is 0 Å². The van der Waals surface area contributed by atoms with Gasteiger partial charge in [-0.05, 0) is 73.3 Å². The van der Waals surface area contributed by atoms with Crippen LogP contribution < -0.4 is 0 Å². The average Bonchev–Trinajstić information content (AvgIpc) is 2.94. The molecule has 0 spiro atoms. The van der Waals surface area contributed by atoms with Crippen LogP contribution in [0.1, 0.15) is 75.7 Å². The van der Waals surface area contributed by atoms with Crippen molar-refractivity contribution in [3.05, 3.63) is 21.9 Å². The predicted octanol–water partition coefficient (Wildman–Crippen LogP) is 5.59. The molecule has 0 amide bonds. The highest BCUT2D eigenvalue weighted by molar-refractivity contribution is 7.10. The van der Waals surface area contributed by atoms with Crippen LogP contribution in [0, 0.1) is 17.3 Å². The van der Waals surface area contributed by atoms with Crippen molar-refractivity contribution in [1.29, 1.82) is 0 Å². The monoisotopic (exact) mass is 304 g/mol. The van der Waals surface area contributed by atoms with Crippen LogP contribution in [0.2, 0.25) is 0 Å². The van der Waals surface area contributed by atoms with Gasteiger partial charge in [-0.3, -0.25) is 4.79 Å². The maximum Gasteiger partial charge on any atom is 0.143 e. The molecule has 1 heterocycles. The molecule has 1 aromatic heterocycles. The summed E-state index contributed by atoms with van der Waals surface area (Å²) < 4.78 is 0. The maximum absolute atomic E-state index is 13.0. The van der Waals surface area contributed by atoms with Gasteiger partial charge < -0.3 is 0 Å². The molecule has 3 rings (SSSR count). The van der Waals surface area contributed by atoms with Crippen LogP contribution in [-0.2, 0) is 11.2 Å². The smallest absolute Gasteiger partial charge is 0.143 e. The first-order valence-corrected chi connectivity index (χ1v) is 9.45. The zero-order valence-corrected chi connectivity index (χ0v) is 14.5. The van der Waals surface area contributed by atoms with Gasteiger partial charge in [0.05, 0.1) is 0 Å². The molecule has 1 saturated carbocycles. The fourth-order valence-electron chi connectivity index (χ4n) is 4.31. The Labute approximate surface area is 133 Å². The quantitative estimate of drug-likeness (QED) is 0.696. The number of rotatable bonds is 2. The number of ketones is 1. The number of Topliss-reactive ketones (excluding diaryl/α,β-unsaturated/α-hetero) is 1. The largest absolute Gasteiger partial charge is 0.299 e. The standard InChI is InChI=1S/C19H28OS/c1-19(2,3)14-9-7-13(8-10-14)18(20)16-5-4-6-17-15(16)11-12-21-17/h11-14,16H,4-10H2,1-3H3. The van der Waals surface area contributed by atoms with Gasteiger partial charge in [0.25, 0.3) is 0 Å². The van der Waals surface area contributed by atoms with Gasteiger partial charge >= 0.3 is 0 Å². The lowest BCUT2D eigenvalue weighted by Crippen LogP contribution is -2.31. The summed E-state index contributed by atoms with van der Waals surface area (Å²) in [7, 11) is 0. The molecular weight excluding hydrogens is 276 g/mol. The van der Waals surface area contributed by atoms with E-state index in [9.17, 15) is 4.79 Å². The number of carbonyl (C=O) groups excluding carboxylic acids is 1. The third kappa shape index (κ3) is 3.11. The summed E-state index contributed by atoms with van der Waals surface area (Å²) in [5.41, 5.74) is 1.77. The van der Waals surface area contributed by atoms with E-state index in [0.29, 0.717) is 17.1 Å². The third-order valence-electron chi connectivity index (χ3n) is 5.75. The lowest BCUT2D eigenvalue weighted by atomic mass is 9.67. The van der Waals surface area contributed by atoms with E-state index in [-0.39, 0.29) is 5.92 Å². The molecule has 2 aliphatic rings. The molecule has 0 bridgehead atoms. The van der Waals surface area contributed by atoms with Crippen LogP contribution in [-0.4, -0.2) is 5.78 Å². The fourth-order valence-corrected chi connectivity index (χ4v) is 5.30. The molecule has 2 heteroatoms. The van der Waals surface area contributed by atoms with E-state index in [2.05, 4.69) is 32.2 Å². The van der Waals surface area contributed by atoms with Gasteiger partial charge in [-0.15, -0.1) is 11.3 Å². The van der Waals surface area contributed by atoms with Crippen molar-refractivity contribution < 1.29 is 4.79 Å². The second-order valence-corrected chi connectivity index (χ2v) is 9.06. The van der Waals surface area contributed by atoms with Gasteiger partial charge in [-0.25, -0.2) is 0 Å². The summed E-state index contributed by atoms with van der Waals surface area (Å²) in [6.07, 6.45) is 8.19. The number of hydrogen-bond donors (Lipinski definition) is 0. The van der Waals surface area contributed by atoms with E-state index in [4.69, 9.17) is 0 Å². The van der Waals surface area contributed by atoms with Crippen LogP contribution in [0.25, 0.3) is 0 Å². The van der Waals surface area contributed by atoms with Crippen molar-refractivity contribution in [2.75, 3.05) is 0 Å². The Morgan fingerprint density at radius 3 is 2.52 bits per heavy atom. The summed E-state index contributed by atoms with van der Waals surface area (Å²) in [6.45, 7) is 7.04. The van der Waals surface area contributed by atoms with Crippen molar-refractivity contribution in [3.63, 3.8) is 0 Å². The number of fused-ring (bicyclic) bond motifs is 1. The Kier molecular flexibility index (Phi) is 4.27. The van der Waals surface area contributed by atoms with Gasteiger partial charge in [0, 0.05) is 16.7 Å². The second kappa shape index (κ2) is 5.87. The molecule has 1 aromatic rings. The van der Waals surface area contributed by atoms with E-state index in [1.165, 1.54) is 36.1 Å². The third-order valence-corrected chi connectivity index (χ3v) is 6.75. The molecular formula is C19H28OS. The van der Waals surface area contributed by atoms with E-state index in [1.54, 1.807) is 0 Å². The predicted molar refractivity (Wildman–Crippen MR) is 89.9 cm³/mol. The van der Waals surface area contributed by atoms with Crippen molar-refractivity contribution >= 4 is 17.1 Å². The molecule has 0 aromatic carbocycles. The van der Waals surface area contributed by atoms with Gasteiger partial charge in [0.1, 0.15) is 5.78 Å². The number of aryl methyl sites for hydroxylation is 1. The average molecular weight is 304 g/mol. The summed E-state index contributed by atoms with van der Waals surface area (Å²) in [6, 6.07) is 2.21. The van der Waals surface area contributed by atoms with E-state index in [0.717, 1.165) is 25.2 Å². The molecule has 0 N–H and O–H groups in total. The highest BCUT2D eigenvalue weighted by Crippen LogP contribution is 2.43. The Bertz CT molecular complexity index is 500. The first-order valence-electron chi connectivity index (χ1n) is 8.57. The summed E-state index contributed by atoms with van der Waals surface area (Å²) in [4.78, 5) is 14.4. The summed E-state index contributed by atoms with van der Waals surface area (Å²) in [5, 5.41) is 2.17. The molecule has 1 fully saturated rings. The summed E-state index contributed by atoms with van der Waals surface area (Å²) in [5.74, 6) is 1.90. The molecule has 1 unspecified atom stereocenters. The van der Waals surface area contributed by atoms with Crippen molar-refractivity contribution in [1.82, 2.24) is 0 Å². The molecule has 0 aliphatic heterocycles. The minimum Gasteiger partial charge on any atom is -0.299 e. The molecule has 0 saturated heterocycles. The number of hydrogen-bond acceptors (Lipinski definition) is 2. The fraction of sp³-hybridized carbons (Fsp3) is 0.737. The minimum absolute atomic E-state index is 0.219. The molecule has 1 nitrogen and oxygen atoms in total. The first kappa shape index (κ1) is 15.3. The summed E-state index contributed by atoms with van der Waals surface area (Å²) >= 11 is 1.84. The second-order valence-electron chi connectivity index (χ2n) is 8.06. The van der Waals surface area contributed by atoms with Crippen molar-refractivity contribution in [2.24, 2.45) is 17.3 Å². The number of thiophene rings is 1. The zero-order chi connectivity index (χ0) is 15.0. The molecule has 0 radical (unpaired) electrons. The lowest BCUT2D eigenvalue weighted by molar-refractivity contribution is -0.126. The zero-order valence-electron chi connectivity index (χ0n) is 13.7. The van der Waals surface area contributed by atoms with Crippen LogP contribution >= 0.6 is 11.3 Å². The Morgan fingerprint density at radius 1 is 1.14 bits per heavy atom. The molecule has 2 aliphatic carbocycles. The van der Waals surface area contributed by atoms with Gasteiger partial charge in [-0.2, -0.15) is 0 Å². The SMILES string of the molecule is CC(C)(C)C1CCC(C(=O)C2CCCc3sccc32)CC1. The normalized spacial score (nSPS) is 30.0. The number of carbonyl (C=O) groups is 1. The Morgan fingerprint density at radius 2 is 1.86 bits per heavy atom. The Balaban J connectivity index is 1.66. The van der Waals surface area contributed by atoms with Gasteiger partial charge in [-0.1, -0.05) is 20.8 Å². The molecule has 21 heavy (non-hydrogen) atoms. The topological polar surface area (TPSA) is 17.1 Å². The molecule has 116 valence electrons. The maximum atomic E-state index is 13.0. The lowest BCUT2D eigenvalue weighted by Gasteiger charge is -2.37. The van der Waals surface area contributed by atoms with Crippen LogP contribution in [0.15, 0.2) is 11.4 Å². The van der Waals surface area contributed by atoms with E-state index >= 15 is 0 Å². The highest BCUT2D eigenvalue weighted by atomic mass is 32.1. The van der Waals surface area contributed by atoms with Crippen LogP contribution in [0.4, 0.5) is 0 Å². The van der Waals surface area contributed by atoms with Gasteiger partial charge in [0.15, 0.2) is 0 Å². The van der Waals surface area contributed by atoms with Crippen LogP contribution in [0.3, 0.4) is 0 Å².